The van der Waals surface area contributed by atoms with Gasteiger partial charge in [-0.3, -0.25) is 0 Å². The molecule has 1 aliphatic heterocycles. The number of benzene rings is 1. The first kappa shape index (κ1) is 10.7. The van der Waals surface area contributed by atoms with E-state index in [1.165, 1.54) is 24.0 Å². The maximum atomic E-state index is 9.37. The fourth-order valence-electron chi connectivity index (χ4n) is 3.08. The van der Waals surface area contributed by atoms with Gasteiger partial charge in [-0.15, -0.1) is 0 Å². The average molecular weight is 246 g/mol. The lowest BCUT2D eigenvalue weighted by Crippen LogP contribution is -2.38. The van der Waals surface area contributed by atoms with Crippen molar-refractivity contribution in [3.05, 3.63) is 23.3 Å². The average Bonchev–Trinajstić information content (AvgIpc) is 2.98. The fraction of sp³-hybridized carbons (Fsp3) is 0.600. The molecule has 0 aromatic heterocycles. The van der Waals surface area contributed by atoms with Crippen LogP contribution in [0.4, 0.5) is 0 Å². The highest BCUT2D eigenvalue weighted by molar-refractivity contribution is 5.58. The Morgan fingerprint density at radius 3 is 2.78 bits per heavy atom. The third kappa shape index (κ3) is 1.40. The lowest BCUT2D eigenvalue weighted by atomic mass is 9.91. The van der Waals surface area contributed by atoms with Crippen LogP contribution in [0.5, 0.6) is 11.5 Å². The Morgan fingerprint density at radius 1 is 1.33 bits per heavy atom. The van der Waals surface area contributed by atoms with Crippen molar-refractivity contribution in [2.75, 3.05) is 6.61 Å². The van der Waals surface area contributed by atoms with Crippen molar-refractivity contribution in [3.8, 4) is 11.5 Å². The van der Waals surface area contributed by atoms with Gasteiger partial charge in [0, 0.05) is 23.8 Å². The Bertz CT molecular complexity index is 499. The Kier molecular flexibility index (Phi) is 2.03. The van der Waals surface area contributed by atoms with Crippen molar-refractivity contribution in [1.82, 2.24) is 0 Å². The summed E-state index contributed by atoms with van der Waals surface area (Å²) in [4.78, 5) is 0. The largest absolute Gasteiger partial charge is 0.492 e. The smallest absolute Gasteiger partial charge is 0.130 e. The highest BCUT2D eigenvalue weighted by Crippen LogP contribution is 2.59. The molecule has 2 fully saturated rings. The van der Waals surface area contributed by atoms with Crippen LogP contribution in [0, 0.1) is 6.92 Å². The van der Waals surface area contributed by atoms with Crippen LogP contribution < -0.4 is 9.47 Å². The van der Waals surface area contributed by atoms with Gasteiger partial charge in [0.15, 0.2) is 0 Å². The van der Waals surface area contributed by atoms with Gasteiger partial charge in [0.1, 0.15) is 17.6 Å². The number of rotatable bonds is 2. The van der Waals surface area contributed by atoms with Gasteiger partial charge < -0.3 is 14.6 Å². The number of aliphatic hydroxyl groups excluding tert-OH is 1. The molecule has 3 heteroatoms. The molecule has 1 aromatic carbocycles. The van der Waals surface area contributed by atoms with Crippen molar-refractivity contribution in [1.29, 1.82) is 0 Å². The molecule has 96 valence electrons. The molecule has 1 N–H and O–H groups in total. The van der Waals surface area contributed by atoms with Crippen molar-refractivity contribution in [2.24, 2.45) is 0 Å². The van der Waals surface area contributed by atoms with E-state index in [1.807, 2.05) is 0 Å². The molecule has 0 bridgehead atoms. The molecule has 2 saturated carbocycles. The molecular formula is C15H18O3. The van der Waals surface area contributed by atoms with Crippen molar-refractivity contribution >= 4 is 0 Å². The van der Waals surface area contributed by atoms with Crippen LogP contribution in [-0.4, -0.2) is 23.9 Å². The Morgan fingerprint density at radius 2 is 2.11 bits per heavy atom. The van der Waals surface area contributed by atoms with E-state index in [0.29, 0.717) is 0 Å². The van der Waals surface area contributed by atoms with Crippen LogP contribution in [0.3, 0.4) is 0 Å². The molecule has 1 aromatic rings. The lowest BCUT2D eigenvalue weighted by molar-refractivity contribution is -0.0116. The Balaban J connectivity index is 1.71. The molecular weight excluding hydrogens is 228 g/mol. The molecule has 4 rings (SSSR count). The molecule has 0 amide bonds. The minimum absolute atomic E-state index is 0.168. The third-order valence-electron chi connectivity index (χ3n) is 4.56. The van der Waals surface area contributed by atoms with E-state index in [4.69, 9.17) is 9.47 Å². The molecule has 1 heterocycles. The standard InChI is InChI=1S/C15H18O3/c1-9-2-3-12-13(15(4-5-15)8-17-12)14(9)18-11-6-10(16)7-11/h2-3,10-11,16H,4-8H2,1H3/t10-,11-. The summed E-state index contributed by atoms with van der Waals surface area (Å²) < 4.78 is 11.9. The number of aliphatic hydroxyl groups is 1. The van der Waals surface area contributed by atoms with E-state index in [0.717, 1.165) is 30.9 Å². The number of hydrogen-bond acceptors (Lipinski definition) is 3. The monoisotopic (exact) mass is 246 g/mol. The zero-order valence-electron chi connectivity index (χ0n) is 10.6. The van der Waals surface area contributed by atoms with Gasteiger partial charge in [-0.2, -0.15) is 0 Å². The first-order chi connectivity index (χ1) is 8.68. The van der Waals surface area contributed by atoms with Crippen molar-refractivity contribution in [3.63, 3.8) is 0 Å². The highest BCUT2D eigenvalue weighted by Gasteiger charge is 2.53. The summed E-state index contributed by atoms with van der Waals surface area (Å²) >= 11 is 0. The van der Waals surface area contributed by atoms with Crippen molar-refractivity contribution in [2.45, 2.75) is 50.2 Å². The summed E-state index contributed by atoms with van der Waals surface area (Å²) in [5.41, 5.74) is 2.73. The third-order valence-corrected chi connectivity index (χ3v) is 4.56. The fourth-order valence-corrected chi connectivity index (χ4v) is 3.08. The van der Waals surface area contributed by atoms with Gasteiger partial charge in [-0.25, -0.2) is 0 Å². The summed E-state index contributed by atoms with van der Waals surface area (Å²) in [6, 6.07) is 4.14. The van der Waals surface area contributed by atoms with Crippen LogP contribution in [0.2, 0.25) is 0 Å². The number of fused-ring (bicyclic) bond motifs is 2. The predicted molar refractivity (Wildman–Crippen MR) is 67.2 cm³/mol. The zero-order chi connectivity index (χ0) is 12.3. The highest BCUT2D eigenvalue weighted by atomic mass is 16.5. The number of aryl methyl sites for hydroxylation is 1. The Hall–Kier alpha value is -1.22. The van der Waals surface area contributed by atoms with E-state index in [2.05, 4.69) is 19.1 Å². The first-order valence-corrected chi connectivity index (χ1v) is 6.80. The second kappa shape index (κ2) is 3.41. The SMILES string of the molecule is Cc1ccc2c(c1O[C@H]1C[C@H](O)C1)C1(CC1)CO2. The second-order valence-corrected chi connectivity index (χ2v) is 6.02. The predicted octanol–water partition coefficient (Wildman–Crippen LogP) is 2.32. The summed E-state index contributed by atoms with van der Waals surface area (Å²) in [5.74, 6) is 2.03. The maximum Gasteiger partial charge on any atom is 0.130 e. The van der Waals surface area contributed by atoms with Gasteiger partial charge in [-0.05, 0) is 31.4 Å². The molecule has 1 spiro atoms. The minimum Gasteiger partial charge on any atom is -0.492 e. The van der Waals surface area contributed by atoms with E-state index in [1.54, 1.807) is 0 Å². The van der Waals surface area contributed by atoms with E-state index >= 15 is 0 Å². The van der Waals surface area contributed by atoms with Crippen LogP contribution in [0.1, 0.15) is 36.8 Å². The quantitative estimate of drug-likeness (QED) is 0.870. The van der Waals surface area contributed by atoms with E-state index in [9.17, 15) is 5.11 Å². The summed E-state index contributed by atoms with van der Waals surface area (Å²) in [5, 5.41) is 9.37. The number of hydrogen-bond donors (Lipinski definition) is 1. The molecule has 0 unspecified atom stereocenters. The molecule has 3 aliphatic rings. The van der Waals surface area contributed by atoms with Gasteiger partial charge in [0.2, 0.25) is 0 Å². The lowest BCUT2D eigenvalue weighted by Gasteiger charge is -2.33. The van der Waals surface area contributed by atoms with E-state index < -0.39 is 0 Å². The van der Waals surface area contributed by atoms with E-state index in [-0.39, 0.29) is 17.6 Å². The van der Waals surface area contributed by atoms with Gasteiger partial charge in [0.05, 0.1) is 12.7 Å². The van der Waals surface area contributed by atoms with Crippen LogP contribution in [0.15, 0.2) is 12.1 Å². The normalized spacial score (nSPS) is 30.6. The van der Waals surface area contributed by atoms with Gasteiger partial charge in [0.25, 0.3) is 0 Å². The molecule has 3 nitrogen and oxygen atoms in total. The summed E-state index contributed by atoms with van der Waals surface area (Å²) in [7, 11) is 0. The minimum atomic E-state index is -0.168. The first-order valence-electron chi connectivity index (χ1n) is 6.80. The van der Waals surface area contributed by atoms with Gasteiger partial charge in [-0.1, -0.05) is 6.07 Å². The summed E-state index contributed by atoms with van der Waals surface area (Å²) in [6.07, 6.45) is 3.97. The molecule has 0 atom stereocenters. The number of ether oxygens (including phenoxy) is 2. The van der Waals surface area contributed by atoms with Crippen LogP contribution in [0.25, 0.3) is 0 Å². The summed E-state index contributed by atoms with van der Waals surface area (Å²) in [6.45, 7) is 2.91. The van der Waals surface area contributed by atoms with Gasteiger partial charge >= 0.3 is 0 Å². The van der Waals surface area contributed by atoms with Crippen LogP contribution in [-0.2, 0) is 5.41 Å². The molecule has 0 saturated heterocycles. The molecule has 0 radical (unpaired) electrons. The molecule has 18 heavy (non-hydrogen) atoms. The Labute approximate surface area is 107 Å². The second-order valence-electron chi connectivity index (χ2n) is 6.02. The van der Waals surface area contributed by atoms with Crippen molar-refractivity contribution < 1.29 is 14.6 Å². The molecule has 2 aliphatic carbocycles. The maximum absolute atomic E-state index is 9.37. The topological polar surface area (TPSA) is 38.7 Å². The zero-order valence-corrected chi connectivity index (χ0v) is 10.6. The van der Waals surface area contributed by atoms with Crippen LogP contribution >= 0.6 is 0 Å².